The van der Waals surface area contributed by atoms with Gasteiger partial charge in [-0.25, -0.2) is 0 Å². The second kappa shape index (κ2) is 4.53. The minimum Gasteiger partial charge on any atom is -0.388 e. The van der Waals surface area contributed by atoms with Crippen LogP contribution >= 0.6 is 23.2 Å². The van der Waals surface area contributed by atoms with Crippen molar-refractivity contribution in [2.24, 2.45) is 0 Å². The molecule has 1 heterocycles. The second-order valence-electron chi connectivity index (χ2n) is 4.30. The zero-order chi connectivity index (χ0) is 12.7. The monoisotopic (exact) mass is 283 g/mol. The Bertz CT molecular complexity index is 593. The van der Waals surface area contributed by atoms with Crippen LogP contribution in [0.2, 0.25) is 10.0 Å². The summed E-state index contributed by atoms with van der Waals surface area (Å²) >= 11 is 12.2. The second-order valence-corrected chi connectivity index (χ2v) is 5.09. The Kier molecular flexibility index (Phi) is 3.01. The summed E-state index contributed by atoms with van der Waals surface area (Å²) in [6, 6.07) is 5.79. The van der Waals surface area contributed by atoms with E-state index in [1.54, 1.807) is 6.07 Å². The van der Waals surface area contributed by atoms with Gasteiger partial charge in [0.05, 0.1) is 10.0 Å². The lowest BCUT2D eigenvalue weighted by atomic mass is 10.2. The molecule has 94 valence electrons. The molecule has 1 aliphatic rings. The van der Waals surface area contributed by atoms with E-state index in [0.717, 1.165) is 18.4 Å². The molecule has 4 nitrogen and oxygen atoms in total. The summed E-state index contributed by atoms with van der Waals surface area (Å²) in [5.41, 5.74) is 0.753. The Morgan fingerprint density at radius 1 is 1.28 bits per heavy atom. The largest absolute Gasteiger partial charge is 0.388 e. The van der Waals surface area contributed by atoms with Gasteiger partial charge in [0.2, 0.25) is 0 Å². The molecule has 18 heavy (non-hydrogen) atoms. The summed E-state index contributed by atoms with van der Waals surface area (Å²) in [7, 11) is 0. The molecule has 3 rings (SSSR count). The van der Waals surface area contributed by atoms with Crippen LogP contribution in [0.4, 0.5) is 0 Å². The molecule has 0 spiro atoms. The van der Waals surface area contributed by atoms with E-state index < -0.39 is 0 Å². The average Bonchev–Trinajstić information content (AvgIpc) is 3.12. The standard InChI is InChI=1S/C12H11Cl2N3O/c13-9-3-1-2-8(11(9)14)12-16-15-10(6-18)17(12)7-4-5-7/h1-3,7,18H,4-6H2. The summed E-state index contributed by atoms with van der Waals surface area (Å²) in [4.78, 5) is 0. The summed E-state index contributed by atoms with van der Waals surface area (Å²) in [6.07, 6.45) is 2.16. The van der Waals surface area contributed by atoms with Gasteiger partial charge in [-0.05, 0) is 25.0 Å². The molecule has 0 amide bonds. The molecular weight excluding hydrogens is 273 g/mol. The first-order valence-corrected chi connectivity index (χ1v) is 6.47. The maximum absolute atomic E-state index is 9.30. The molecule has 0 unspecified atom stereocenters. The first-order chi connectivity index (χ1) is 8.72. The van der Waals surface area contributed by atoms with Crippen LogP contribution in [0.15, 0.2) is 18.2 Å². The van der Waals surface area contributed by atoms with Crippen LogP contribution in [0.25, 0.3) is 11.4 Å². The lowest BCUT2D eigenvalue weighted by molar-refractivity contribution is 0.265. The van der Waals surface area contributed by atoms with Gasteiger partial charge in [-0.2, -0.15) is 0 Å². The molecule has 1 aromatic heterocycles. The van der Waals surface area contributed by atoms with Crippen LogP contribution in [0.1, 0.15) is 24.7 Å². The highest BCUT2D eigenvalue weighted by Gasteiger charge is 2.30. The van der Waals surface area contributed by atoms with Gasteiger partial charge in [0, 0.05) is 11.6 Å². The van der Waals surface area contributed by atoms with Gasteiger partial charge < -0.3 is 9.67 Å². The van der Waals surface area contributed by atoms with Crippen molar-refractivity contribution in [3.8, 4) is 11.4 Å². The smallest absolute Gasteiger partial charge is 0.165 e. The van der Waals surface area contributed by atoms with Crippen molar-refractivity contribution in [1.29, 1.82) is 0 Å². The average molecular weight is 284 g/mol. The van der Waals surface area contributed by atoms with Gasteiger partial charge in [0.1, 0.15) is 6.61 Å². The van der Waals surface area contributed by atoms with Crippen LogP contribution < -0.4 is 0 Å². The van der Waals surface area contributed by atoms with Crippen molar-refractivity contribution in [1.82, 2.24) is 14.8 Å². The summed E-state index contributed by atoms with van der Waals surface area (Å²) in [6.45, 7) is -0.123. The SMILES string of the molecule is OCc1nnc(-c2cccc(Cl)c2Cl)n1C1CC1. The van der Waals surface area contributed by atoms with Gasteiger partial charge in [0.15, 0.2) is 11.6 Å². The number of halogens is 2. The van der Waals surface area contributed by atoms with Crippen LogP contribution in [-0.2, 0) is 6.61 Å². The summed E-state index contributed by atoms with van der Waals surface area (Å²) in [5.74, 6) is 1.25. The fraction of sp³-hybridized carbons (Fsp3) is 0.333. The van der Waals surface area contributed by atoms with Crippen molar-refractivity contribution in [3.63, 3.8) is 0 Å². The summed E-state index contributed by atoms with van der Waals surface area (Å²) < 4.78 is 1.96. The number of benzene rings is 1. The van der Waals surface area contributed by atoms with E-state index >= 15 is 0 Å². The third-order valence-electron chi connectivity index (χ3n) is 3.01. The molecule has 1 N–H and O–H groups in total. The number of aliphatic hydroxyl groups is 1. The van der Waals surface area contributed by atoms with Crippen LogP contribution in [0.3, 0.4) is 0 Å². The third kappa shape index (κ3) is 1.90. The lowest BCUT2D eigenvalue weighted by Crippen LogP contribution is -2.03. The molecule has 6 heteroatoms. The summed E-state index contributed by atoms with van der Waals surface area (Å²) in [5, 5.41) is 18.4. The number of nitrogens with zero attached hydrogens (tertiary/aromatic N) is 3. The van der Waals surface area contributed by atoms with E-state index in [9.17, 15) is 5.11 Å². The molecule has 1 saturated carbocycles. The number of aromatic nitrogens is 3. The van der Waals surface area contributed by atoms with Gasteiger partial charge in [-0.1, -0.05) is 29.3 Å². The van der Waals surface area contributed by atoms with Gasteiger partial charge >= 0.3 is 0 Å². The van der Waals surface area contributed by atoms with E-state index in [2.05, 4.69) is 10.2 Å². The van der Waals surface area contributed by atoms with Crippen molar-refractivity contribution >= 4 is 23.2 Å². The van der Waals surface area contributed by atoms with Gasteiger partial charge in [0.25, 0.3) is 0 Å². The predicted molar refractivity (Wildman–Crippen MR) is 69.7 cm³/mol. The number of hydrogen-bond donors (Lipinski definition) is 1. The van der Waals surface area contributed by atoms with E-state index in [1.165, 1.54) is 0 Å². The van der Waals surface area contributed by atoms with E-state index in [-0.39, 0.29) is 6.61 Å². The zero-order valence-electron chi connectivity index (χ0n) is 9.48. The highest BCUT2D eigenvalue weighted by molar-refractivity contribution is 6.43. The molecule has 1 aliphatic carbocycles. The fourth-order valence-corrected chi connectivity index (χ4v) is 2.39. The molecule has 0 saturated heterocycles. The molecular formula is C12H11Cl2N3O. The number of hydrogen-bond acceptors (Lipinski definition) is 3. The Hall–Kier alpha value is -1.10. The Labute approximate surface area is 114 Å². The first kappa shape index (κ1) is 12.0. The fourth-order valence-electron chi connectivity index (χ4n) is 2.01. The molecule has 0 bridgehead atoms. The van der Waals surface area contributed by atoms with Crippen LogP contribution in [0, 0.1) is 0 Å². The van der Waals surface area contributed by atoms with Crippen LogP contribution in [0.5, 0.6) is 0 Å². The maximum Gasteiger partial charge on any atom is 0.165 e. The predicted octanol–water partition coefficient (Wildman–Crippen LogP) is 3.08. The first-order valence-electron chi connectivity index (χ1n) is 5.71. The molecule has 1 fully saturated rings. The van der Waals surface area contributed by atoms with Crippen molar-refractivity contribution in [3.05, 3.63) is 34.1 Å². The van der Waals surface area contributed by atoms with E-state index in [1.807, 2.05) is 16.7 Å². The van der Waals surface area contributed by atoms with Gasteiger partial charge in [-0.3, -0.25) is 0 Å². The lowest BCUT2D eigenvalue weighted by Gasteiger charge is -2.09. The normalized spacial score (nSPS) is 15.1. The highest BCUT2D eigenvalue weighted by Crippen LogP contribution is 2.41. The van der Waals surface area contributed by atoms with Crippen molar-refractivity contribution in [2.75, 3.05) is 0 Å². The van der Waals surface area contributed by atoms with Crippen LogP contribution in [-0.4, -0.2) is 19.9 Å². The van der Waals surface area contributed by atoms with E-state index in [0.29, 0.717) is 27.7 Å². The van der Waals surface area contributed by atoms with Crippen molar-refractivity contribution < 1.29 is 5.11 Å². The molecule has 0 aliphatic heterocycles. The minimum absolute atomic E-state index is 0.123. The molecule has 0 atom stereocenters. The Balaban J connectivity index is 2.17. The minimum atomic E-state index is -0.123. The number of rotatable bonds is 3. The topological polar surface area (TPSA) is 50.9 Å². The molecule has 2 aromatic rings. The maximum atomic E-state index is 9.30. The number of aliphatic hydroxyl groups excluding tert-OH is 1. The highest BCUT2D eigenvalue weighted by atomic mass is 35.5. The van der Waals surface area contributed by atoms with Gasteiger partial charge in [-0.15, -0.1) is 10.2 Å². The van der Waals surface area contributed by atoms with E-state index in [4.69, 9.17) is 23.2 Å². The Morgan fingerprint density at radius 3 is 2.72 bits per heavy atom. The van der Waals surface area contributed by atoms with Crippen molar-refractivity contribution in [2.45, 2.75) is 25.5 Å². The quantitative estimate of drug-likeness (QED) is 0.942. The third-order valence-corrected chi connectivity index (χ3v) is 3.83. The Morgan fingerprint density at radius 2 is 2.06 bits per heavy atom. The molecule has 1 aromatic carbocycles. The zero-order valence-corrected chi connectivity index (χ0v) is 11.0. The molecule has 0 radical (unpaired) electrons.